The number of hydrogen-bond acceptors (Lipinski definition) is 8. The van der Waals surface area contributed by atoms with Crippen LogP contribution in [0.5, 0.6) is 5.88 Å². The molecule has 30 heavy (non-hydrogen) atoms. The van der Waals surface area contributed by atoms with Crippen molar-refractivity contribution in [3.63, 3.8) is 0 Å². The highest BCUT2D eigenvalue weighted by molar-refractivity contribution is 8.14. The van der Waals surface area contributed by atoms with E-state index in [2.05, 4.69) is 4.98 Å². The summed E-state index contributed by atoms with van der Waals surface area (Å²) in [5.41, 5.74) is -1.28. The van der Waals surface area contributed by atoms with Gasteiger partial charge in [0.25, 0.3) is 5.69 Å². The molecule has 2 atom stereocenters. The van der Waals surface area contributed by atoms with Gasteiger partial charge < -0.3 is 9.84 Å². The highest BCUT2D eigenvalue weighted by atomic mass is 32.2. The molecule has 2 heterocycles. The number of aromatic hydroxyl groups is 1. The summed E-state index contributed by atoms with van der Waals surface area (Å²) in [6.07, 6.45) is 0.774. The van der Waals surface area contributed by atoms with Gasteiger partial charge in [-0.25, -0.2) is 9.59 Å². The van der Waals surface area contributed by atoms with Gasteiger partial charge in [-0.05, 0) is 24.6 Å². The molecule has 0 saturated carbocycles. The van der Waals surface area contributed by atoms with Gasteiger partial charge in [0.15, 0.2) is 5.12 Å². The van der Waals surface area contributed by atoms with Gasteiger partial charge in [0.1, 0.15) is 12.3 Å². The van der Waals surface area contributed by atoms with E-state index in [4.69, 9.17) is 4.74 Å². The Morgan fingerprint density at radius 1 is 1.40 bits per heavy atom. The van der Waals surface area contributed by atoms with E-state index in [0.717, 1.165) is 11.8 Å². The average Bonchev–Trinajstić information content (AvgIpc) is 3.19. The van der Waals surface area contributed by atoms with Crippen LogP contribution in [0.4, 0.5) is 10.5 Å². The highest BCUT2D eigenvalue weighted by Gasteiger charge is 2.48. The zero-order chi connectivity index (χ0) is 22.1. The SMILES string of the molecule is CC(=O)S[C@@H]1CN(C(=O)OCc2ccc([N+](=O)[O-])cc2)[C@](C)(n2cc(O)[nH]c2=O)C1. The average molecular weight is 436 g/mol. The number of hydrogen-bond donors (Lipinski definition) is 2. The molecule has 0 spiro atoms. The number of carbonyl (C=O) groups excluding carboxylic acids is 2. The predicted octanol–water partition coefficient (Wildman–Crippen LogP) is 2.15. The van der Waals surface area contributed by atoms with E-state index in [1.165, 1.54) is 46.9 Å². The molecular weight excluding hydrogens is 416 g/mol. The van der Waals surface area contributed by atoms with Crippen molar-refractivity contribution in [1.82, 2.24) is 14.5 Å². The van der Waals surface area contributed by atoms with Gasteiger partial charge in [0.2, 0.25) is 5.88 Å². The second kappa shape index (κ2) is 8.22. The molecule has 0 aliphatic carbocycles. The Hall–Kier alpha value is -3.28. The topological polar surface area (TPSA) is 148 Å². The van der Waals surface area contributed by atoms with Gasteiger partial charge in [0.05, 0.1) is 11.1 Å². The van der Waals surface area contributed by atoms with E-state index in [1.54, 1.807) is 6.92 Å². The lowest BCUT2D eigenvalue weighted by Gasteiger charge is -2.34. The zero-order valence-electron chi connectivity index (χ0n) is 16.2. The maximum absolute atomic E-state index is 12.8. The molecular formula is C18H20N4O7S. The summed E-state index contributed by atoms with van der Waals surface area (Å²) in [7, 11) is 0. The van der Waals surface area contributed by atoms with Crippen molar-refractivity contribution < 1.29 is 24.4 Å². The summed E-state index contributed by atoms with van der Waals surface area (Å²) in [6.45, 7) is 3.11. The fourth-order valence-electron chi connectivity index (χ4n) is 3.50. The standard InChI is InChI=1S/C18H20N4O7S/c1-11(23)30-14-7-18(2,20-9-15(24)19-16(20)25)21(8-14)17(26)29-10-12-3-5-13(6-4-12)22(27)28/h3-6,9,14,24H,7-8,10H2,1-2H3,(H,19,25)/t14-,18-/m0/s1. The van der Waals surface area contributed by atoms with E-state index in [1.807, 2.05) is 0 Å². The van der Waals surface area contributed by atoms with Crippen molar-refractivity contribution in [1.29, 1.82) is 0 Å². The summed E-state index contributed by atoms with van der Waals surface area (Å²) >= 11 is 1.07. The minimum absolute atomic E-state index is 0.0760. The molecule has 160 valence electrons. The summed E-state index contributed by atoms with van der Waals surface area (Å²) in [5, 5.41) is 20.0. The number of likely N-dealkylation sites (tertiary alicyclic amines) is 1. The van der Waals surface area contributed by atoms with Crippen LogP contribution in [0, 0.1) is 10.1 Å². The minimum atomic E-state index is -1.16. The Bertz CT molecular complexity index is 1030. The minimum Gasteiger partial charge on any atom is -0.493 e. The molecule has 2 aromatic rings. The number of amides is 1. The number of non-ortho nitro benzene ring substituents is 1. The normalized spacial score (nSPS) is 20.9. The fraction of sp³-hybridized carbons (Fsp3) is 0.389. The molecule has 0 bridgehead atoms. The summed E-state index contributed by atoms with van der Waals surface area (Å²) in [6, 6.07) is 5.59. The Morgan fingerprint density at radius 3 is 2.60 bits per heavy atom. The number of rotatable bonds is 5. The van der Waals surface area contributed by atoms with Crippen molar-refractivity contribution >= 4 is 28.7 Å². The number of imidazole rings is 1. The van der Waals surface area contributed by atoms with Gasteiger partial charge in [-0.1, -0.05) is 11.8 Å². The van der Waals surface area contributed by atoms with Crippen LogP contribution in [0.25, 0.3) is 0 Å². The van der Waals surface area contributed by atoms with Gasteiger partial charge in [-0.3, -0.25) is 29.4 Å². The molecule has 0 unspecified atom stereocenters. The number of H-pyrrole nitrogens is 1. The number of nitrogens with one attached hydrogen (secondary N) is 1. The van der Waals surface area contributed by atoms with Gasteiger partial charge in [-0.15, -0.1) is 0 Å². The van der Waals surface area contributed by atoms with Crippen LogP contribution in [0.1, 0.15) is 25.8 Å². The van der Waals surface area contributed by atoms with Crippen molar-refractivity contribution in [2.24, 2.45) is 0 Å². The third-order valence-corrected chi connectivity index (χ3v) is 5.85. The third kappa shape index (κ3) is 4.32. The molecule has 1 aromatic heterocycles. The van der Waals surface area contributed by atoms with E-state index in [-0.39, 0.29) is 35.1 Å². The molecule has 1 amide bonds. The van der Waals surface area contributed by atoms with Crippen LogP contribution < -0.4 is 5.69 Å². The van der Waals surface area contributed by atoms with Crippen molar-refractivity contribution in [2.45, 2.75) is 37.8 Å². The fourth-order valence-corrected chi connectivity index (χ4v) is 4.59. The van der Waals surface area contributed by atoms with E-state index in [9.17, 15) is 29.6 Å². The lowest BCUT2D eigenvalue weighted by atomic mass is 10.1. The molecule has 12 heteroatoms. The van der Waals surface area contributed by atoms with Gasteiger partial charge >= 0.3 is 11.8 Å². The first-order valence-electron chi connectivity index (χ1n) is 8.96. The lowest BCUT2D eigenvalue weighted by Crippen LogP contribution is -2.50. The smallest absolute Gasteiger partial charge is 0.412 e. The van der Waals surface area contributed by atoms with Crippen LogP contribution >= 0.6 is 11.8 Å². The monoisotopic (exact) mass is 436 g/mol. The van der Waals surface area contributed by atoms with Crippen LogP contribution in [0.2, 0.25) is 0 Å². The van der Waals surface area contributed by atoms with E-state index in [0.29, 0.717) is 12.0 Å². The number of nitro benzene ring substituents is 1. The zero-order valence-corrected chi connectivity index (χ0v) is 17.0. The van der Waals surface area contributed by atoms with Crippen molar-refractivity contribution in [2.75, 3.05) is 6.54 Å². The number of ether oxygens (including phenoxy) is 1. The molecule has 1 fully saturated rings. The Balaban J connectivity index is 1.80. The van der Waals surface area contributed by atoms with Gasteiger partial charge in [0, 0.05) is 37.3 Å². The number of carbonyl (C=O) groups is 2. The van der Waals surface area contributed by atoms with Crippen LogP contribution in [-0.4, -0.2) is 47.5 Å². The summed E-state index contributed by atoms with van der Waals surface area (Å²) in [4.78, 5) is 50.4. The second-order valence-corrected chi connectivity index (χ2v) is 8.53. The van der Waals surface area contributed by atoms with Gasteiger partial charge in [-0.2, -0.15) is 0 Å². The molecule has 2 N–H and O–H groups in total. The first kappa shape index (κ1) is 21.4. The number of nitro groups is 1. The number of aromatic nitrogens is 2. The quantitative estimate of drug-likeness (QED) is 0.535. The molecule has 1 aromatic carbocycles. The number of aromatic amines is 1. The first-order chi connectivity index (χ1) is 14.1. The van der Waals surface area contributed by atoms with E-state index < -0.39 is 22.4 Å². The first-order valence-corrected chi connectivity index (χ1v) is 9.84. The van der Waals surface area contributed by atoms with Crippen LogP contribution in [0.3, 0.4) is 0 Å². The Morgan fingerprint density at radius 2 is 2.07 bits per heavy atom. The summed E-state index contributed by atoms with van der Waals surface area (Å²) in [5.74, 6) is -0.344. The second-order valence-electron chi connectivity index (χ2n) is 7.06. The third-order valence-electron chi connectivity index (χ3n) is 4.87. The molecule has 1 aliphatic rings. The van der Waals surface area contributed by atoms with Crippen LogP contribution in [0.15, 0.2) is 35.3 Å². The van der Waals surface area contributed by atoms with Crippen LogP contribution in [-0.2, 0) is 21.8 Å². The molecule has 11 nitrogen and oxygen atoms in total. The Labute approximate surface area is 174 Å². The number of nitrogens with zero attached hydrogens (tertiary/aromatic N) is 3. The number of benzene rings is 1. The maximum Gasteiger partial charge on any atom is 0.412 e. The molecule has 1 saturated heterocycles. The van der Waals surface area contributed by atoms with E-state index >= 15 is 0 Å². The highest BCUT2D eigenvalue weighted by Crippen LogP contribution is 2.39. The number of thioether (sulfide) groups is 1. The molecule has 1 aliphatic heterocycles. The predicted molar refractivity (Wildman–Crippen MR) is 107 cm³/mol. The molecule has 0 radical (unpaired) electrons. The largest absolute Gasteiger partial charge is 0.493 e. The maximum atomic E-state index is 12.8. The Kier molecular flexibility index (Phi) is 5.87. The molecule has 3 rings (SSSR count). The summed E-state index contributed by atoms with van der Waals surface area (Å²) < 4.78 is 6.57. The lowest BCUT2D eigenvalue weighted by molar-refractivity contribution is -0.384. The van der Waals surface area contributed by atoms with Crippen molar-refractivity contribution in [3.8, 4) is 5.88 Å². The van der Waals surface area contributed by atoms with Crippen molar-refractivity contribution in [3.05, 3.63) is 56.6 Å².